The van der Waals surface area contributed by atoms with Crippen LogP contribution in [0.1, 0.15) is 54.7 Å². The van der Waals surface area contributed by atoms with Gasteiger partial charge in [-0.3, -0.25) is 9.36 Å². The monoisotopic (exact) mass is 437 g/mol. The van der Waals surface area contributed by atoms with Crippen LogP contribution in [-0.2, 0) is 0 Å². The topological polar surface area (TPSA) is 90.5 Å². The van der Waals surface area contributed by atoms with Gasteiger partial charge in [0, 0.05) is 18.2 Å². The van der Waals surface area contributed by atoms with Crippen LogP contribution in [0.25, 0.3) is 16.5 Å². The highest BCUT2D eigenvalue weighted by Gasteiger charge is 2.26. The Balaban J connectivity index is 1.37. The van der Waals surface area contributed by atoms with Gasteiger partial charge in [0.05, 0.1) is 11.3 Å². The van der Waals surface area contributed by atoms with Gasteiger partial charge in [-0.15, -0.1) is 10.2 Å². The van der Waals surface area contributed by atoms with E-state index >= 15 is 0 Å². The van der Waals surface area contributed by atoms with Crippen LogP contribution in [0.4, 0.5) is 10.2 Å². The number of hydrogen-bond donors (Lipinski definition) is 1. The summed E-state index contributed by atoms with van der Waals surface area (Å²) < 4.78 is 18.2. The lowest BCUT2D eigenvalue weighted by atomic mass is 10.3. The maximum atomic E-state index is 14.6. The highest BCUT2D eigenvalue weighted by atomic mass is 32.1. The van der Waals surface area contributed by atoms with E-state index in [-0.39, 0.29) is 11.6 Å². The molecule has 10 heteroatoms. The van der Waals surface area contributed by atoms with Crippen molar-refractivity contribution in [1.82, 2.24) is 29.3 Å². The summed E-state index contributed by atoms with van der Waals surface area (Å²) in [7, 11) is 0. The Bertz CT molecular complexity index is 1250. The molecular weight excluding hydrogens is 417 g/mol. The normalized spacial score (nSPS) is 13.7. The maximum absolute atomic E-state index is 14.6. The Morgan fingerprint density at radius 1 is 1.29 bits per heavy atom. The summed E-state index contributed by atoms with van der Waals surface area (Å²) in [5.41, 5.74) is 1.55. The predicted molar refractivity (Wildman–Crippen MR) is 115 cm³/mol. The summed E-state index contributed by atoms with van der Waals surface area (Å²) in [6.07, 6.45) is 7.49. The molecule has 1 aliphatic carbocycles. The lowest BCUT2D eigenvalue weighted by molar-refractivity contribution is 0.102. The first-order valence-corrected chi connectivity index (χ1v) is 10.8. The number of imidazole rings is 1. The largest absolute Gasteiger partial charge is 0.310 e. The zero-order valence-corrected chi connectivity index (χ0v) is 17.8. The number of pyridine rings is 1. The van der Waals surface area contributed by atoms with Crippen molar-refractivity contribution in [2.45, 2.75) is 38.6 Å². The SMILES string of the molecule is CC(C)n1cnnc1-c1cccc(NC(=O)c2cc(-n3cnc(C4CC4)c3)sc2F)n1. The fourth-order valence-electron chi connectivity index (χ4n) is 3.30. The van der Waals surface area contributed by atoms with Crippen molar-refractivity contribution in [3.05, 3.63) is 59.5 Å². The Morgan fingerprint density at radius 3 is 2.90 bits per heavy atom. The van der Waals surface area contributed by atoms with Crippen LogP contribution in [-0.4, -0.2) is 35.2 Å². The molecule has 4 heterocycles. The van der Waals surface area contributed by atoms with Gasteiger partial charge in [-0.1, -0.05) is 17.4 Å². The number of carbonyl (C=O) groups excluding carboxylic acids is 1. The minimum absolute atomic E-state index is 0.0285. The van der Waals surface area contributed by atoms with Gasteiger partial charge in [0.2, 0.25) is 0 Å². The first kappa shape index (κ1) is 19.6. The summed E-state index contributed by atoms with van der Waals surface area (Å²) in [5, 5.41) is 10.8. The zero-order chi connectivity index (χ0) is 21.5. The Labute approximate surface area is 181 Å². The van der Waals surface area contributed by atoms with Crippen molar-refractivity contribution in [1.29, 1.82) is 0 Å². The van der Waals surface area contributed by atoms with Crippen LogP contribution in [0, 0.1) is 5.13 Å². The third-order valence-corrected chi connectivity index (χ3v) is 6.06. The highest BCUT2D eigenvalue weighted by Crippen LogP contribution is 2.39. The molecule has 4 aromatic heterocycles. The molecule has 0 radical (unpaired) electrons. The van der Waals surface area contributed by atoms with Crippen LogP contribution < -0.4 is 5.32 Å². The average Bonchev–Trinajstić information content (AvgIpc) is 3.16. The van der Waals surface area contributed by atoms with E-state index in [9.17, 15) is 9.18 Å². The number of rotatable bonds is 6. The summed E-state index contributed by atoms with van der Waals surface area (Å²) in [4.78, 5) is 21.6. The zero-order valence-electron chi connectivity index (χ0n) is 17.0. The third kappa shape index (κ3) is 3.86. The number of aromatic nitrogens is 6. The smallest absolute Gasteiger partial charge is 0.260 e. The molecule has 4 aromatic rings. The molecule has 1 N–H and O–H groups in total. The molecule has 5 rings (SSSR count). The van der Waals surface area contributed by atoms with Gasteiger partial charge in [-0.25, -0.2) is 9.97 Å². The molecule has 8 nitrogen and oxygen atoms in total. The number of nitrogens with zero attached hydrogens (tertiary/aromatic N) is 6. The quantitative estimate of drug-likeness (QED) is 0.482. The van der Waals surface area contributed by atoms with Crippen molar-refractivity contribution in [2.24, 2.45) is 0 Å². The van der Waals surface area contributed by atoms with E-state index in [2.05, 4.69) is 25.5 Å². The van der Waals surface area contributed by atoms with Crippen molar-refractivity contribution >= 4 is 23.1 Å². The molecule has 31 heavy (non-hydrogen) atoms. The van der Waals surface area contributed by atoms with Crippen LogP contribution in [0.3, 0.4) is 0 Å². The average molecular weight is 438 g/mol. The van der Waals surface area contributed by atoms with E-state index in [1.165, 1.54) is 6.07 Å². The van der Waals surface area contributed by atoms with Gasteiger partial charge >= 0.3 is 0 Å². The number of carbonyl (C=O) groups is 1. The number of amides is 1. The molecule has 0 aliphatic heterocycles. The maximum Gasteiger partial charge on any atom is 0.260 e. The minimum Gasteiger partial charge on any atom is -0.310 e. The third-order valence-electron chi connectivity index (χ3n) is 5.12. The molecule has 1 fully saturated rings. The number of anilines is 1. The second kappa shape index (κ2) is 7.69. The van der Waals surface area contributed by atoms with E-state index in [1.54, 1.807) is 35.4 Å². The molecule has 0 aromatic carbocycles. The first-order chi connectivity index (χ1) is 15.0. The van der Waals surface area contributed by atoms with Crippen LogP contribution in [0.2, 0.25) is 0 Å². The highest BCUT2D eigenvalue weighted by molar-refractivity contribution is 7.13. The summed E-state index contributed by atoms with van der Waals surface area (Å²) >= 11 is 0.912. The Morgan fingerprint density at radius 2 is 2.13 bits per heavy atom. The standard InChI is InChI=1S/C21H20FN7OS/c1-12(2)29-11-24-27-20(29)15-4-3-5-17(25-15)26-21(30)14-8-18(31-19(14)22)28-9-16(23-10-28)13-6-7-13/h3-5,8-13H,6-7H2,1-2H3,(H,25,26,30). The van der Waals surface area contributed by atoms with E-state index in [0.29, 0.717) is 28.3 Å². The molecule has 1 aliphatic rings. The van der Waals surface area contributed by atoms with Crippen LogP contribution in [0.15, 0.2) is 43.1 Å². The Kier molecular flexibility index (Phi) is 4.85. The second-order valence-corrected chi connectivity index (χ2v) is 8.75. The van der Waals surface area contributed by atoms with E-state index in [4.69, 9.17) is 0 Å². The molecule has 0 atom stereocenters. The molecule has 0 saturated heterocycles. The van der Waals surface area contributed by atoms with Gasteiger partial charge in [0.1, 0.15) is 29.2 Å². The number of hydrogen-bond acceptors (Lipinski definition) is 6. The van der Waals surface area contributed by atoms with Gasteiger partial charge in [-0.2, -0.15) is 4.39 Å². The fourth-order valence-corrected chi connectivity index (χ4v) is 4.13. The van der Waals surface area contributed by atoms with Crippen LogP contribution >= 0.6 is 11.3 Å². The second-order valence-electron chi connectivity index (χ2n) is 7.77. The lowest BCUT2D eigenvalue weighted by Crippen LogP contribution is -2.14. The number of nitrogens with one attached hydrogen (secondary N) is 1. The predicted octanol–water partition coefficient (Wildman–Crippen LogP) is 4.44. The van der Waals surface area contributed by atoms with Crippen molar-refractivity contribution in [3.63, 3.8) is 0 Å². The van der Waals surface area contributed by atoms with Crippen molar-refractivity contribution in [3.8, 4) is 16.5 Å². The van der Waals surface area contributed by atoms with Crippen molar-refractivity contribution in [2.75, 3.05) is 5.32 Å². The fraction of sp³-hybridized carbons (Fsp3) is 0.286. The molecule has 158 valence electrons. The minimum atomic E-state index is -0.558. The lowest BCUT2D eigenvalue weighted by Gasteiger charge is -2.10. The van der Waals surface area contributed by atoms with Crippen molar-refractivity contribution < 1.29 is 9.18 Å². The summed E-state index contributed by atoms with van der Waals surface area (Å²) in [6.45, 7) is 4.03. The molecule has 1 amide bonds. The molecule has 1 saturated carbocycles. The van der Waals surface area contributed by atoms with Gasteiger partial charge < -0.3 is 9.88 Å². The molecule has 0 spiro atoms. The van der Waals surface area contributed by atoms with E-state index in [0.717, 1.165) is 29.9 Å². The first-order valence-electron chi connectivity index (χ1n) is 10.0. The van der Waals surface area contributed by atoms with Gasteiger partial charge in [-0.05, 0) is 44.9 Å². The van der Waals surface area contributed by atoms with Gasteiger partial charge in [0.25, 0.3) is 5.91 Å². The van der Waals surface area contributed by atoms with Gasteiger partial charge in [0.15, 0.2) is 11.0 Å². The summed E-state index contributed by atoms with van der Waals surface area (Å²) in [5.74, 6) is 0.861. The summed E-state index contributed by atoms with van der Waals surface area (Å²) in [6, 6.07) is 6.90. The number of halogens is 1. The molecule has 0 bridgehead atoms. The van der Waals surface area contributed by atoms with E-state index in [1.807, 2.05) is 24.6 Å². The van der Waals surface area contributed by atoms with Crippen LogP contribution in [0.5, 0.6) is 0 Å². The molecule has 0 unspecified atom stereocenters. The molecular formula is C21H20FN7OS. The Hall–Kier alpha value is -3.40. The number of thiophene rings is 1. The van der Waals surface area contributed by atoms with E-state index < -0.39 is 11.0 Å².